The van der Waals surface area contributed by atoms with Gasteiger partial charge in [0.2, 0.25) is 0 Å². The monoisotopic (exact) mass is 374 g/mol. The molecule has 17 heavy (non-hydrogen) atoms. The van der Waals surface area contributed by atoms with E-state index < -0.39 is 0 Å². The van der Waals surface area contributed by atoms with Gasteiger partial charge in [-0.2, -0.15) is 0 Å². The fourth-order valence-electron chi connectivity index (χ4n) is 1.16. The van der Waals surface area contributed by atoms with Crippen LogP contribution in [0.3, 0.4) is 0 Å². The summed E-state index contributed by atoms with van der Waals surface area (Å²) in [6, 6.07) is 5.70. The van der Waals surface area contributed by atoms with Crippen LogP contribution in [0.2, 0.25) is 0 Å². The molecule has 0 amide bonds. The van der Waals surface area contributed by atoms with E-state index in [1.165, 1.54) is 11.3 Å². The Balaban J connectivity index is 2.29. The highest BCUT2D eigenvalue weighted by Crippen LogP contribution is 2.33. The lowest BCUT2D eigenvalue weighted by atomic mass is 10.3. The summed E-state index contributed by atoms with van der Waals surface area (Å²) in [4.78, 5) is 4.08. The topological polar surface area (TPSA) is 63.6 Å². The van der Waals surface area contributed by atoms with E-state index in [-0.39, 0.29) is 0 Å². The second kappa shape index (κ2) is 5.24. The average Bonchev–Trinajstić information content (AvgIpc) is 2.56. The van der Waals surface area contributed by atoms with E-state index in [0.717, 1.165) is 25.3 Å². The third kappa shape index (κ3) is 3.11. The third-order valence-electron chi connectivity index (χ3n) is 1.95. The van der Waals surface area contributed by atoms with Gasteiger partial charge in [-0.05, 0) is 41.1 Å². The van der Waals surface area contributed by atoms with E-state index in [1.54, 1.807) is 0 Å². The quantitative estimate of drug-likeness (QED) is 0.752. The lowest BCUT2D eigenvalue weighted by molar-refractivity contribution is 1.19. The number of azo groups is 1. The number of hydrogen-bond donors (Lipinski definition) is 1. The first-order chi connectivity index (χ1) is 8.06. The minimum Gasteiger partial charge on any atom is -0.375 e. The van der Waals surface area contributed by atoms with Crippen LogP contribution in [0.25, 0.3) is 0 Å². The molecular weight excluding hydrogens is 368 g/mol. The Labute approximate surface area is 119 Å². The molecule has 0 aliphatic rings. The largest absolute Gasteiger partial charge is 0.375 e. The maximum absolute atomic E-state index is 5.59. The number of nitrogens with zero attached hydrogens (tertiary/aromatic N) is 3. The molecule has 2 N–H and O–H groups in total. The Kier molecular flexibility index (Phi) is 3.90. The standard InChI is InChI=1S/C10H8Br2N4S/c1-5-9(17-10(13)14-5)16-15-8-3-2-6(11)4-7(8)12/h2-4H,1H3,(H2,13,14). The van der Waals surface area contributed by atoms with Crippen LogP contribution >= 0.6 is 43.2 Å². The molecule has 0 saturated heterocycles. The van der Waals surface area contributed by atoms with Crippen molar-refractivity contribution < 1.29 is 0 Å². The molecule has 0 spiro atoms. The maximum atomic E-state index is 5.59. The van der Waals surface area contributed by atoms with Crippen molar-refractivity contribution >= 4 is 59.0 Å². The number of anilines is 1. The number of hydrogen-bond acceptors (Lipinski definition) is 5. The van der Waals surface area contributed by atoms with Crippen LogP contribution in [-0.2, 0) is 0 Å². The van der Waals surface area contributed by atoms with E-state index in [2.05, 4.69) is 47.1 Å². The van der Waals surface area contributed by atoms with Gasteiger partial charge < -0.3 is 5.73 Å². The number of benzene rings is 1. The van der Waals surface area contributed by atoms with Gasteiger partial charge in [0.25, 0.3) is 0 Å². The van der Waals surface area contributed by atoms with Gasteiger partial charge >= 0.3 is 0 Å². The zero-order chi connectivity index (χ0) is 12.4. The van der Waals surface area contributed by atoms with Gasteiger partial charge in [-0.15, -0.1) is 10.2 Å². The van der Waals surface area contributed by atoms with Crippen molar-refractivity contribution in [3.05, 3.63) is 32.8 Å². The average molecular weight is 376 g/mol. The number of rotatable bonds is 2. The van der Waals surface area contributed by atoms with Crippen molar-refractivity contribution in [2.75, 3.05) is 5.73 Å². The normalized spacial score (nSPS) is 11.2. The molecular formula is C10H8Br2N4S. The Morgan fingerprint density at radius 2 is 2.06 bits per heavy atom. The molecule has 1 aromatic heterocycles. The Bertz CT molecular complexity index is 580. The summed E-state index contributed by atoms with van der Waals surface area (Å²) in [6.07, 6.45) is 0. The molecule has 0 atom stereocenters. The summed E-state index contributed by atoms with van der Waals surface area (Å²) < 4.78 is 1.87. The summed E-state index contributed by atoms with van der Waals surface area (Å²) in [6.45, 7) is 1.86. The highest BCUT2D eigenvalue weighted by atomic mass is 79.9. The van der Waals surface area contributed by atoms with E-state index in [9.17, 15) is 0 Å². The Morgan fingerprint density at radius 1 is 1.29 bits per heavy atom. The van der Waals surface area contributed by atoms with Gasteiger partial charge in [0.1, 0.15) is 0 Å². The molecule has 4 nitrogen and oxygen atoms in total. The first kappa shape index (κ1) is 12.7. The summed E-state index contributed by atoms with van der Waals surface area (Å²) >= 11 is 8.13. The van der Waals surface area contributed by atoms with Crippen molar-refractivity contribution in [3.63, 3.8) is 0 Å². The van der Waals surface area contributed by atoms with Crippen LogP contribution in [-0.4, -0.2) is 4.98 Å². The summed E-state index contributed by atoms with van der Waals surface area (Å²) in [5.74, 6) is 0. The number of aromatic nitrogens is 1. The molecule has 0 aliphatic heterocycles. The molecule has 7 heteroatoms. The molecule has 1 heterocycles. The lowest BCUT2D eigenvalue weighted by Gasteiger charge is -1.97. The summed E-state index contributed by atoms with van der Waals surface area (Å²) in [7, 11) is 0. The molecule has 0 fully saturated rings. The zero-order valence-electron chi connectivity index (χ0n) is 8.82. The predicted molar refractivity (Wildman–Crippen MR) is 77.3 cm³/mol. The van der Waals surface area contributed by atoms with Crippen LogP contribution < -0.4 is 5.73 Å². The minimum atomic E-state index is 0.506. The van der Waals surface area contributed by atoms with Gasteiger partial charge in [0.15, 0.2) is 10.1 Å². The first-order valence-corrected chi connectivity index (χ1v) is 7.06. The van der Waals surface area contributed by atoms with Gasteiger partial charge in [-0.25, -0.2) is 4.98 Å². The third-order valence-corrected chi connectivity index (χ3v) is 3.95. The number of aryl methyl sites for hydroxylation is 1. The Hall–Kier alpha value is -0.790. The van der Waals surface area contributed by atoms with Crippen LogP contribution in [0.5, 0.6) is 0 Å². The van der Waals surface area contributed by atoms with Crippen molar-refractivity contribution in [2.45, 2.75) is 6.92 Å². The van der Waals surface area contributed by atoms with E-state index in [0.29, 0.717) is 5.13 Å². The fourth-order valence-corrected chi connectivity index (χ4v) is 2.95. The van der Waals surface area contributed by atoms with Crippen LogP contribution in [0.15, 0.2) is 37.4 Å². The zero-order valence-corrected chi connectivity index (χ0v) is 12.8. The van der Waals surface area contributed by atoms with Gasteiger partial charge in [-0.1, -0.05) is 27.3 Å². The van der Waals surface area contributed by atoms with Crippen molar-refractivity contribution in [1.82, 2.24) is 4.98 Å². The molecule has 1 aromatic carbocycles. The molecule has 0 saturated carbocycles. The number of nitrogens with two attached hydrogens (primary N) is 1. The fraction of sp³-hybridized carbons (Fsp3) is 0.100. The molecule has 88 valence electrons. The van der Waals surface area contributed by atoms with Gasteiger partial charge in [0.05, 0.1) is 11.4 Å². The molecule has 0 bridgehead atoms. The van der Waals surface area contributed by atoms with Crippen molar-refractivity contribution in [3.8, 4) is 0 Å². The molecule has 0 unspecified atom stereocenters. The predicted octanol–water partition coefficient (Wildman–Crippen LogP) is 4.97. The summed E-state index contributed by atoms with van der Waals surface area (Å²) in [5.41, 5.74) is 7.15. The first-order valence-electron chi connectivity index (χ1n) is 4.66. The summed E-state index contributed by atoms with van der Waals surface area (Å²) in [5, 5.41) is 9.55. The molecule has 2 rings (SSSR count). The van der Waals surface area contributed by atoms with Crippen LogP contribution in [0.1, 0.15) is 5.69 Å². The van der Waals surface area contributed by atoms with Crippen molar-refractivity contribution in [1.29, 1.82) is 0 Å². The molecule has 0 radical (unpaired) electrons. The second-order valence-electron chi connectivity index (χ2n) is 3.24. The van der Waals surface area contributed by atoms with E-state index in [4.69, 9.17) is 5.73 Å². The molecule has 2 aromatic rings. The maximum Gasteiger partial charge on any atom is 0.182 e. The lowest BCUT2D eigenvalue weighted by Crippen LogP contribution is -1.80. The highest BCUT2D eigenvalue weighted by molar-refractivity contribution is 9.11. The van der Waals surface area contributed by atoms with E-state index in [1.807, 2.05) is 25.1 Å². The highest BCUT2D eigenvalue weighted by Gasteiger charge is 2.04. The number of halogens is 2. The Morgan fingerprint density at radius 3 is 2.65 bits per heavy atom. The number of nitrogen functional groups attached to an aromatic ring is 1. The second-order valence-corrected chi connectivity index (χ2v) is 6.02. The van der Waals surface area contributed by atoms with Crippen molar-refractivity contribution in [2.24, 2.45) is 10.2 Å². The van der Waals surface area contributed by atoms with Crippen LogP contribution in [0.4, 0.5) is 15.8 Å². The molecule has 0 aliphatic carbocycles. The SMILES string of the molecule is Cc1nc(N)sc1N=Nc1ccc(Br)cc1Br. The van der Waals surface area contributed by atoms with E-state index >= 15 is 0 Å². The number of thiazole rings is 1. The minimum absolute atomic E-state index is 0.506. The van der Waals surface area contributed by atoms with Crippen LogP contribution in [0, 0.1) is 6.92 Å². The smallest absolute Gasteiger partial charge is 0.182 e. The van der Waals surface area contributed by atoms with Gasteiger partial charge in [0, 0.05) is 8.95 Å². The van der Waals surface area contributed by atoms with Gasteiger partial charge in [-0.3, -0.25) is 0 Å².